The summed E-state index contributed by atoms with van der Waals surface area (Å²) < 4.78 is 0. The van der Waals surface area contributed by atoms with Crippen LogP contribution in [-0.4, -0.2) is 45.8 Å². The fourth-order valence-electron chi connectivity index (χ4n) is 1.87. The molecule has 0 saturated carbocycles. The Kier molecular flexibility index (Phi) is 3.01. The Labute approximate surface area is 88.1 Å². The molecule has 1 aliphatic rings. The summed E-state index contributed by atoms with van der Waals surface area (Å²) in [5.74, 6) is 0.388. The van der Waals surface area contributed by atoms with Gasteiger partial charge >= 0.3 is 0 Å². The highest BCUT2D eigenvalue weighted by Gasteiger charge is 2.23. The van der Waals surface area contributed by atoms with Crippen molar-refractivity contribution in [2.24, 2.45) is 5.92 Å². The lowest BCUT2D eigenvalue weighted by atomic mass is 9.97. The number of aliphatic hydroxyl groups excluding tert-OH is 1. The number of nitrogens with one attached hydrogen (secondary N) is 1. The van der Waals surface area contributed by atoms with Gasteiger partial charge in [-0.15, -0.1) is 0 Å². The summed E-state index contributed by atoms with van der Waals surface area (Å²) in [5, 5.41) is 15.4. The van der Waals surface area contributed by atoms with Crippen LogP contribution in [0.4, 0.5) is 0 Å². The molecule has 0 aromatic carbocycles. The fourth-order valence-corrected chi connectivity index (χ4v) is 1.87. The van der Waals surface area contributed by atoms with E-state index in [4.69, 9.17) is 5.11 Å². The van der Waals surface area contributed by atoms with Gasteiger partial charge in [0, 0.05) is 25.9 Å². The second-order valence-corrected chi connectivity index (χ2v) is 3.91. The maximum Gasteiger partial charge on any atom is 0.257 e. The summed E-state index contributed by atoms with van der Waals surface area (Å²) >= 11 is 0. The predicted octanol–water partition coefficient (Wildman–Crippen LogP) is 0.254. The number of aromatic amines is 1. The van der Waals surface area contributed by atoms with Gasteiger partial charge in [0.1, 0.15) is 0 Å². The summed E-state index contributed by atoms with van der Waals surface area (Å²) in [7, 11) is 0. The molecule has 1 aromatic rings. The molecule has 0 aliphatic carbocycles. The Bertz CT molecular complexity index is 315. The Morgan fingerprint density at radius 1 is 1.60 bits per heavy atom. The lowest BCUT2D eigenvalue weighted by Crippen LogP contribution is -2.39. The average molecular weight is 209 g/mol. The minimum absolute atomic E-state index is 0.0279. The van der Waals surface area contributed by atoms with Gasteiger partial charge in [0.05, 0.1) is 11.8 Å². The lowest BCUT2D eigenvalue weighted by molar-refractivity contribution is 0.0651. The number of carbonyl (C=O) groups is 1. The predicted molar refractivity (Wildman–Crippen MR) is 54.3 cm³/mol. The zero-order valence-electron chi connectivity index (χ0n) is 8.52. The monoisotopic (exact) mass is 209 g/mol. The number of amides is 1. The largest absolute Gasteiger partial charge is 0.396 e. The number of aliphatic hydroxyl groups is 1. The fraction of sp³-hybridized carbons (Fsp3) is 0.600. The van der Waals surface area contributed by atoms with Crippen LogP contribution in [-0.2, 0) is 0 Å². The third-order valence-corrected chi connectivity index (χ3v) is 2.91. The van der Waals surface area contributed by atoms with E-state index >= 15 is 0 Å². The molecule has 0 bridgehead atoms. The number of hydrogen-bond donors (Lipinski definition) is 2. The number of rotatable bonds is 2. The molecule has 1 aliphatic heterocycles. The molecule has 0 atom stereocenters. The number of aromatic nitrogens is 2. The Hall–Kier alpha value is -1.36. The molecule has 15 heavy (non-hydrogen) atoms. The molecule has 1 amide bonds. The highest BCUT2D eigenvalue weighted by molar-refractivity contribution is 5.93. The molecule has 2 N–H and O–H groups in total. The third-order valence-electron chi connectivity index (χ3n) is 2.91. The van der Waals surface area contributed by atoms with E-state index in [1.165, 1.54) is 0 Å². The van der Waals surface area contributed by atoms with Gasteiger partial charge < -0.3 is 10.0 Å². The van der Waals surface area contributed by atoms with Crippen molar-refractivity contribution in [1.82, 2.24) is 15.1 Å². The van der Waals surface area contributed by atoms with E-state index in [-0.39, 0.29) is 12.5 Å². The first-order valence-corrected chi connectivity index (χ1v) is 5.20. The first kappa shape index (κ1) is 10.2. The zero-order chi connectivity index (χ0) is 10.7. The smallest absolute Gasteiger partial charge is 0.257 e. The minimum atomic E-state index is 0.0279. The SMILES string of the molecule is O=C(c1cn[nH]c1)N1CCC(CO)CC1. The lowest BCUT2D eigenvalue weighted by Gasteiger charge is -2.30. The first-order valence-electron chi connectivity index (χ1n) is 5.20. The molecule has 1 fully saturated rings. The van der Waals surface area contributed by atoms with Crippen molar-refractivity contribution in [2.75, 3.05) is 19.7 Å². The molecule has 5 nitrogen and oxygen atoms in total. The van der Waals surface area contributed by atoms with E-state index < -0.39 is 0 Å². The van der Waals surface area contributed by atoms with Crippen molar-refractivity contribution in [3.05, 3.63) is 18.0 Å². The van der Waals surface area contributed by atoms with Crippen LogP contribution in [0.15, 0.2) is 12.4 Å². The van der Waals surface area contributed by atoms with Gasteiger partial charge in [0.2, 0.25) is 0 Å². The van der Waals surface area contributed by atoms with Crippen LogP contribution in [0, 0.1) is 5.92 Å². The van der Waals surface area contributed by atoms with Gasteiger partial charge in [-0.05, 0) is 18.8 Å². The molecule has 5 heteroatoms. The highest BCUT2D eigenvalue weighted by Crippen LogP contribution is 2.17. The van der Waals surface area contributed by atoms with Crippen LogP contribution in [0.1, 0.15) is 23.2 Å². The van der Waals surface area contributed by atoms with Crippen LogP contribution in [0.25, 0.3) is 0 Å². The maximum absolute atomic E-state index is 11.9. The molecule has 2 rings (SSSR count). The van der Waals surface area contributed by atoms with Crippen molar-refractivity contribution in [1.29, 1.82) is 0 Å². The molecule has 82 valence electrons. The Morgan fingerprint density at radius 3 is 2.87 bits per heavy atom. The van der Waals surface area contributed by atoms with E-state index in [1.54, 1.807) is 12.4 Å². The van der Waals surface area contributed by atoms with Gasteiger partial charge in [-0.2, -0.15) is 5.10 Å². The van der Waals surface area contributed by atoms with Crippen LogP contribution < -0.4 is 0 Å². The minimum Gasteiger partial charge on any atom is -0.396 e. The van der Waals surface area contributed by atoms with Crippen molar-refractivity contribution in [3.8, 4) is 0 Å². The van der Waals surface area contributed by atoms with Crippen molar-refractivity contribution in [2.45, 2.75) is 12.8 Å². The van der Waals surface area contributed by atoms with Crippen LogP contribution in [0.3, 0.4) is 0 Å². The standard InChI is InChI=1S/C10H15N3O2/c14-7-8-1-3-13(4-2-8)10(15)9-5-11-12-6-9/h5-6,8,14H,1-4,7H2,(H,11,12). The molecule has 1 aromatic heterocycles. The van der Waals surface area contributed by atoms with Gasteiger partial charge in [0.25, 0.3) is 5.91 Å². The van der Waals surface area contributed by atoms with E-state index in [1.807, 2.05) is 4.90 Å². The van der Waals surface area contributed by atoms with E-state index in [2.05, 4.69) is 10.2 Å². The normalized spacial score (nSPS) is 18.1. The average Bonchev–Trinajstić information content (AvgIpc) is 2.82. The quantitative estimate of drug-likeness (QED) is 0.733. The van der Waals surface area contributed by atoms with Gasteiger partial charge in [-0.1, -0.05) is 0 Å². The summed E-state index contributed by atoms with van der Waals surface area (Å²) in [6.07, 6.45) is 4.93. The van der Waals surface area contributed by atoms with Crippen LogP contribution in [0.2, 0.25) is 0 Å². The topological polar surface area (TPSA) is 69.2 Å². The van der Waals surface area contributed by atoms with Crippen molar-refractivity contribution >= 4 is 5.91 Å². The molecule has 2 heterocycles. The molecule has 0 unspecified atom stereocenters. The van der Waals surface area contributed by atoms with Crippen LogP contribution >= 0.6 is 0 Å². The second-order valence-electron chi connectivity index (χ2n) is 3.91. The third kappa shape index (κ3) is 2.18. The number of piperidine rings is 1. The number of hydrogen-bond acceptors (Lipinski definition) is 3. The van der Waals surface area contributed by atoms with E-state index in [0.717, 1.165) is 25.9 Å². The summed E-state index contributed by atoms with van der Waals surface area (Å²) in [6, 6.07) is 0. The summed E-state index contributed by atoms with van der Waals surface area (Å²) in [6.45, 7) is 1.69. The Morgan fingerprint density at radius 2 is 2.33 bits per heavy atom. The molecule has 1 saturated heterocycles. The first-order chi connectivity index (χ1) is 7.31. The molecule has 0 radical (unpaired) electrons. The number of carbonyl (C=O) groups excluding carboxylic acids is 1. The molecular formula is C10H15N3O2. The second kappa shape index (κ2) is 4.44. The number of likely N-dealkylation sites (tertiary alicyclic amines) is 1. The number of H-pyrrole nitrogens is 1. The van der Waals surface area contributed by atoms with Crippen molar-refractivity contribution in [3.63, 3.8) is 0 Å². The van der Waals surface area contributed by atoms with Crippen LogP contribution in [0.5, 0.6) is 0 Å². The Balaban J connectivity index is 1.93. The van der Waals surface area contributed by atoms with E-state index in [0.29, 0.717) is 11.5 Å². The van der Waals surface area contributed by atoms with Crippen molar-refractivity contribution < 1.29 is 9.90 Å². The molecule has 0 spiro atoms. The van der Waals surface area contributed by atoms with E-state index in [9.17, 15) is 4.79 Å². The highest BCUT2D eigenvalue weighted by atomic mass is 16.3. The molecular weight excluding hydrogens is 194 g/mol. The number of nitrogens with zero attached hydrogens (tertiary/aromatic N) is 2. The van der Waals surface area contributed by atoms with Gasteiger partial charge in [-0.25, -0.2) is 0 Å². The maximum atomic E-state index is 11.9. The zero-order valence-corrected chi connectivity index (χ0v) is 8.52. The summed E-state index contributed by atoms with van der Waals surface area (Å²) in [4.78, 5) is 13.7. The van der Waals surface area contributed by atoms with Gasteiger partial charge in [0.15, 0.2) is 0 Å². The summed E-state index contributed by atoms with van der Waals surface area (Å²) in [5.41, 5.74) is 0.609. The van der Waals surface area contributed by atoms with Gasteiger partial charge in [-0.3, -0.25) is 9.89 Å².